The summed E-state index contributed by atoms with van der Waals surface area (Å²) in [6.45, 7) is 0.945. The molecule has 0 saturated carbocycles. The molecule has 2 unspecified atom stereocenters. The molecule has 2 nitrogen and oxygen atoms in total. The van der Waals surface area contributed by atoms with Crippen molar-refractivity contribution in [2.75, 3.05) is 19.8 Å². The lowest BCUT2D eigenvalue weighted by Gasteiger charge is -2.24. The van der Waals surface area contributed by atoms with Crippen LogP contribution < -0.4 is 0 Å². The molecule has 3 heteroatoms. The smallest absolute Gasteiger partial charge is 0.126 e. The van der Waals surface area contributed by atoms with Crippen LogP contribution in [0.15, 0.2) is 0 Å². The van der Waals surface area contributed by atoms with Crippen LogP contribution in [0.1, 0.15) is 12.8 Å². The lowest BCUT2D eigenvalue weighted by atomic mass is 9.95. The number of aliphatic hydroxyl groups is 1. The van der Waals surface area contributed by atoms with Gasteiger partial charge >= 0.3 is 0 Å². The monoisotopic (exact) mass is 148 g/mol. The predicted octanol–water partition coefficient (Wildman–Crippen LogP) is 0.743. The van der Waals surface area contributed by atoms with Crippen molar-refractivity contribution in [3.8, 4) is 0 Å². The minimum atomic E-state index is -0.860. The Morgan fingerprint density at radius 1 is 1.60 bits per heavy atom. The molecule has 1 aliphatic rings. The van der Waals surface area contributed by atoms with E-state index in [0.29, 0.717) is 13.0 Å². The summed E-state index contributed by atoms with van der Waals surface area (Å²) in [5, 5.41) is 8.53. The van der Waals surface area contributed by atoms with E-state index in [-0.39, 0.29) is 19.1 Å². The summed E-state index contributed by atoms with van der Waals surface area (Å²) in [6, 6.07) is 0. The topological polar surface area (TPSA) is 29.5 Å². The highest BCUT2D eigenvalue weighted by Crippen LogP contribution is 2.20. The van der Waals surface area contributed by atoms with Crippen molar-refractivity contribution in [2.45, 2.75) is 19.0 Å². The second-order valence-corrected chi connectivity index (χ2v) is 2.65. The summed E-state index contributed by atoms with van der Waals surface area (Å²) in [6.07, 6.45) is 0.465. The molecule has 10 heavy (non-hydrogen) atoms. The van der Waals surface area contributed by atoms with Crippen LogP contribution in [-0.2, 0) is 4.74 Å². The predicted molar refractivity (Wildman–Crippen MR) is 35.5 cm³/mol. The van der Waals surface area contributed by atoms with E-state index in [0.717, 1.165) is 6.42 Å². The average Bonchev–Trinajstić information content (AvgIpc) is 1.94. The lowest BCUT2D eigenvalue weighted by molar-refractivity contribution is -0.00845. The van der Waals surface area contributed by atoms with Gasteiger partial charge in [-0.3, -0.25) is 0 Å². The van der Waals surface area contributed by atoms with Crippen LogP contribution in [0.5, 0.6) is 0 Å². The van der Waals surface area contributed by atoms with Gasteiger partial charge in [0, 0.05) is 13.2 Å². The van der Waals surface area contributed by atoms with E-state index < -0.39 is 6.17 Å². The molecule has 1 fully saturated rings. The Morgan fingerprint density at radius 2 is 2.40 bits per heavy atom. The zero-order valence-electron chi connectivity index (χ0n) is 5.92. The molecule has 0 aromatic carbocycles. The van der Waals surface area contributed by atoms with E-state index in [9.17, 15) is 4.39 Å². The second kappa shape index (κ2) is 3.88. The van der Waals surface area contributed by atoms with Gasteiger partial charge in [-0.25, -0.2) is 4.39 Å². The molecule has 1 saturated heterocycles. The van der Waals surface area contributed by atoms with Crippen molar-refractivity contribution < 1.29 is 14.2 Å². The van der Waals surface area contributed by atoms with Crippen LogP contribution in [0.4, 0.5) is 4.39 Å². The standard InChI is InChI=1S/C7H13FO2/c8-7-5-10-4-2-6(7)1-3-9/h6-7,9H,1-5H2. The van der Waals surface area contributed by atoms with Crippen molar-refractivity contribution in [2.24, 2.45) is 5.92 Å². The third-order valence-corrected chi connectivity index (χ3v) is 1.92. The molecule has 1 aliphatic heterocycles. The fourth-order valence-electron chi connectivity index (χ4n) is 1.24. The quantitative estimate of drug-likeness (QED) is 0.626. The molecular weight excluding hydrogens is 135 g/mol. The van der Waals surface area contributed by atoms with Crippen molar-refractivity contribution in [3.63, 3.8) is 0 Å². The largest absolute Gasteiger partial charge is 0.396 e. The van der Waals surface area contributed by atoms with Gasteiger partial charge in [-0.15, -0.1) is 0 Å². The molecule has 1 N–H and O–H groups in total. The normalized spacial score (nSPS) is 34.2. The highest BCUT2D eigenvalue weighted by molar-refractivity contribution is 4.72. The van der Waals surface area contributed by atoms with E-state index in [1.807, 2.05) is 0 Å². The Labute approximate surface area is 60.0 Å². The third kappa shape index (κ3) is 1.92. The minimum absolute atomic E-state index is 0.0266. The van der Waals surface area contributed by atoms with Crippen LogP contribution in [0.2, 0.25) is 0 Å². The summed E-state index contributed by atoms with van der Waals surface area (Å²) in [5.74, 6) is 0.0266. The SMILES string of the molecule is OCCC1CCOCC1F. The first-order chi connectivity index (χ1) is 4.84. The van der Waals surface area contributed by atoms with E-state index in [1.165, 1.54) is 0 Å². The highest BCUT2D eigenvalue weighted by Gasteiger charge is 2.24. The number of alkyl halides is 1. The van der Waals surface area contributed by atoms with Gasteiger partial charge < -0.3 is 9.84 Å². The van der Waals surface area contributed by atoms with Crippen LogP contribution >= 0.6 is 0 Å². The Balaban J connectivity index is 2.25. The van der Waals surface area contributed by atoms with Gasteiger partial charge in [0.25, 0.3) is 0 Å². The van der Waals surface area contributed by atoms with E-state index in [2.05, 4.69) is 0 Å². The molecule has 1 rings (SSSR count). The zero-order valence-corrected chi connectivity index (χ0v) is 5.92. The van der Waals surface area contributed by atoms with Crippen molar-refractivity contribution in [3.05, 3.63) is 0 Å². The Kier molecular flexibility index (Phi) is 3.09. The molecule has 0 bridgehead atoms. The molecule has 2 atom stereocenters. The van der Waals surface area contributed by atoms with Gasteiger partial charge in [-0.2, -0.15) is 0 Å². The van der Waals surface area contributed by atoms with Gasteiger partial charge in [0.15, 0.2) is 0 Å². The van der Waals surface area contributed by atoms with Gasteiger partial charge in [0.1, 0.15) is 6.17 Å². The first-order valence-electron chi connectivity index (χ1n) is 3.67. The Bertz CT molecular complexity index is 95.6. The van der Waals surface area contributed by atoms with Crippen LogP contribution in [0.3, 0.4) is 0 Å². The van der Waals surface area contributed by atoms with Crippen molar-refractivity contribution in [1.82, 2.24) is 0 Å². The number of halogens is 1. The molecule has 60 valence electrons. The van der Waals surface area contributed by atoms with Gasteiger partial charge in [0.2, 0.25) is 0 Å². The summed E-state index contributed by atoms with van der Waals surface area (Å²) < 4.78 is 17.7. The fourth-order valence-corrected chi connectivity index (χ4v) is 1.24. The summed E-state index contributed by atoms with van der Waals surface area (Å²) in [4.78, 5) is 0. The molecule has 0 amide bonds. The Hall–Kier alpha value is -0.150. The van der Waals surface area contributed by atoms with Gasteiger partial charge in [0.05, 0.1) is 6.61 Å². The lowest BCUT2D eigenvalue weighted by Crippen LogP contribution is -2.29. The molecular formula is C7H13FO2. The maximum absolute atomic E-state index is 12.8. The molecule has 0 radical (unpaired) electrons. The van der Waals surface area contributed by atoms with E-state index in [4.69, 9.17) is 9.84 Å². The van der Waals surface area contributed by atoms with E-state index >= 15 is 0 Å². The van der Waals surface area contributed by atoms with Crippen molar-refractivity contribution >= 4 is 0 Å². The molecule has 0 aromatic heterocycles. The minimum Gasteiger partial charge on any atom is -0.396 e. The zero-order chi connectivity index (χ0) is 7.40. The maximum Gasteiger partial charge on any atom is 0.126 e. The van der Waals surface area contributed by atoms with Crippen molar-refractivity contribution in [1.29, 1.82) is 0 Å². The summed E-state index contributed by atoms with van der Waals surface area (Å²) in [5.41, 5.74) is 0. The van der Waals surface area contributed by atoms with Crippen LogP contribution in [-0.4, -0.2) is 31.1 Å². The molecule has 1 heterocycles. The van der Waals surface area contributed by atoms with E-state index in [1.54, 1.807) is 0 Å². The first-order valence-corrected chi connectivity index (χ1v) is 3.67. The van der Waals surface area contributed by atoms with Crippen LogP contribution in [0.25, 0.3) is 0 Å². The summed E-state index contributed by atoms with van der Waals surface area (Å²) in [7, 11) is 0. The highest BCUT2D eigenvalue weighted by atomic mass is 19.1. The maximum atomic E-state index is 12.8. The average molecular weight is 148 g/mol. The van der Waals surface area contributed by atoms with Crippen LogP contribution in [0, 0.1) is 5.92 Å². The number of ether oxygens (including phenoxy) is 1. The third-order valence-electron chi connectivity index (χ3n) is 1.92. The number of hydrogen-bond acceptors (Lipinski definition) is 2. The number of hydrogen-bond donors (Lipinski definition) is 1. The summed E-state index contributed by atoms with van der Waals surface area (Å²) >= 11 is 0. The fraction of sp³-hybridized carbons (Fsp3) is 1.00. The molecule has 0 aliphatic carbocycles. The molecule has 0 spiro atoms. The first kappa shape index (κ1) is 7.95. The Morgan fingerprint density at radius 3 is 3.00 bits per heavy atom. The van der Waals surface area contributed by atoms with Gasteiger partial charge in [-0.1, -0.05) is 0 Å². The second-order valence-electron chi connectivity index (χ2n) is 2.65. The number of aliphatic hydroxyl groups excluding tert-OH is 1. The molecule has 0 aromatic rings. The number of rotatable bonds is 2. The van der Waals surface area contributed by atoms with Gasteiger partial charge in [-0.05, 0) is 18.8 Å².